The fourth-order valence-corrected chi connectivity index (χ4v) is 1.90. The summed E-state index contributed by atoms with van der Waals surface area (Å²) in [5, 5.41) is 5.65. The second kappa shape index (κ2) is 5.56. The molecule has 0 aliphatic heterocycles. The lowest BCUT2D eigenvalue weighted by Crippen LogP contribution is -2.30. The summed E-state index contributed by atoms with van der Waals surface area (Å²) in [5.41, 5.74) is 1.14. The van der Waals surface area contributed by atoms with E-state index in [0.29, 0.717) is 17.9 Å². The highest BCUT2D eigenvalue weighted by molar-refractivity contribution is 5.95. The van der Waals surface area contributed by atoms with Crippen LogP contribution >= 0.6 is 0 Å². The molecule has 0 fully saturated rings. The third-order valence-corrected chi connectivity index (χ3v) is 2.85. The van der Waals surface area contributed by atoms with E-state index < -0.39 is 0 Å². The Hall–Kier alpha value is -2.30. The fourth-order valence-electron chi connectivity index (χ4n) is 1.90. The van der Waals surface area contributed by atoms with Crippen molar-refractivity contribution in [1.82, 2.24) is 15.1 Å². The zero-order valence-electron chi connectivity index (χ0n) is 11.1. The van der Waals surface area contributed by atoms with Crippen LogP contribution in [0.1, 0.15) is 29.4 Å². The van der Waals surface area contributed by atoms with E-state index in [-0.39, 0.29) is 17.0 Å². The van der Waals surface area contributed by atoms with Crippen LogP contribution in [-0.2, 0) is 0 Å². The maximum absolute atomic E-state index is 12.3. The topological polar surface area (TPSA) is 66.9 Å². The minimum Gasteiger partial charge on any atom is -0.352 e. The van der Waals surface area contributed by atoms with Gasteiger partial charge in [0.2, 0.25) is 0 Å². The first-order valence-corrected chi connectivity index (χ1v) is 6.30. The Labute approximate surface area is 111 Å². The molecule has 1 amide bonds. The second-order valence-electron chi connectivity index (χ2n) is 4.34. The van der Waals surface area contributed by atoms with Crippen LogP contribution in [0, 0.1) is 6.92 Å². The van der Waals surface area contributed by atoms with E-state index in [0.717, 1.165) is 6.42 Å². The number of hydrogen-bond donors (Lipinski definition) is 2. The maximum Gasteiger partial charge on any atom is 0.284 e. The van der Waals surface area contributed by atoms with Gasteiger partial charge in [0, 0.05) is 12.2 Å². The number of benzene rings is 1. The van der Waals surface area contributed by atoms with Gasteiger partial charge in [-0.15, -0.1) is 0 Å². The van der Waals surface area contributed by atoms with Crippen molar-refractivity contribution in [3.63, 3.8) is 0 Å². The van der Waals surface area contributed by atoms with Crippen molar-refractivity contribution in [2.24, 2.45) is 0 Å². The van der Waals surface area contributed by atoms with E-state index in [1.807, 2.05) is 37.3 Å². The quantitative estimate of drug-likeness (QED) is 0.876. The van der Waals surface area contributed by atoms with Gasteiger partial charge in [-0.3, -0.25) is 14.7 Å². The lowest BCUT2D eigenvalue weighted by Gasteiger charge is -2.00. The number of amides is 1. The highest BCUT2D eigenvalue weighted by Gasteiger charge is 2.18. The summed E-state index contributed by atoms with van der Waals surface area (Å²) in [6.45, 7) is 4.25. The van der Waals surface area contributed by atoms with E-state index in [1.54, 1.807) is 6.92 Å². The van der Waals surface area contributed by atoms with Crippen LogP contribution in [0.2, 0.25) is 0 Å². The Kier molecular flexibility index (Phi) is 3.85. The van der Waals surface area contributed by atoms with E-state index in [4.69, 9.17) is 0 Å². The van der Waals surface area contributed by atoms with Crippen LogP contribution in [-0.4, -0.2) is 22.2 Å². The minimum absolute atomic E-state index is 0.178. The van der Waals surface area contributed by atoms with Crippen molar-refractivity contribution >= 4 is 5.91 Å². The van der Waals surface area contributed by atoms with Gasteiger partial charge in [0.15, 0.2) is 0 Å². The number of hydrogen-bond acceptors (Lipinski definition) is 2. The number of aromatic nitrogens is 2. The van der Waals surface area contributed by atoms with Gasteiger partial charge < -0.3 is 5.32 Å². The Morgan fingerprint density at radius 1 is 1.32 bits per heavy atom. The van der Waals surface area contributed by atoms with Crippen LogP contribution in [0.5, 0.6) is 0 Å². The summed E-state index contributed by atoms with van der Waals surface area (Å²) in [4.78, 5) is 24.2. The zero-order valence-corrected chi connectivity index (χ0v) is 11.1. The number of carbonyl (C=O) groups is 1. The standard InChI is InChI=1S/C14H17N3O2/c1-3-9-15-13(18)12-10(2)16-17(14(12)19)11-7-5-4-6-8-11/h4-8,16H,3,9H2,1-2H3,(H,15,18). The van der Waals surface area contributed by atoms with Crippen molar-refractivity contribution in [3.8, 4) is 5.69 Å². The Balaban J connectivity index is 2.41. The predicted octanol–water partition coefficient (Wildman–Crippen LogP) is 1.61. The molecule has 0 radical (unpaired) electrons. The van der Waals surface area contributed by atoms with Gasteiger partial charge in [-0.25, -0.2) is 4.68 Å². The Morgan fingerprint density at radius 2 is 2.00 bits per heavy atom. The van der Waals surface area contributed by atoms with Crippen molar-refractivity contribution in [2.45, 2.75) is 20.3 Å². The Morgan fingerprint density at radius 3 is 2.63 bits per heavy atom. The van der Waals surface area contributed by atoms with Crippen LogP contribution in [0.25, 0.3) is 5.69 Å². The highest BCUT2D eigenvalue weighted by atomic mass is 16.2. The largest absolute Gasteiger partial charge is 0.352 e. The molecule has 2 rings (SSSR count). The first kappa shape index (κ1) is 13.1. The zero-order chi connectivity index (χ0) is 13.8. The number of para-hydroxylation sites is 1. The first-order chi connectivity index (χ1) is 9.15. The average Bonchev–Trinajstić information content (AvgIpc) is 2.72. The third kappa shape index (κ3) is 2.59. The van der Waals surface area contributed by atoms with Crippen molar-refractivity contribution < 1.29 is 4.79 Å². The molecule has 1 aromatic carbocycles. The van der Waals surface area contributed by atoms with Gasteiger partial charge in [0.1, 0.15) is 5.56 Å². The number of aromatic amines is 1. The molecule has 0 unspecified atom stereocenters. The lowest BCUT2D eigenvalue weighted by molar-refractivity contribution is 0.0952. The van der Waals surface area contributed by atoms with Crippen LogP contribution in [0.3, 0.4) is 0 Å². The van der Waals surface area contributed by atoms with Crippen LogP contribution in [0.15, 0.2) is 35.1 Å². The summed E-state index contributed by atoms with van der Waals surface area (Å²) in [6.07, 6.45) is 0.835. The van der Waals surface area contributed by atoms with Crippen LogP contribution in [0.4, 0.5) is 0 Å². The molecule has 5 nitrogen and oxygen atoms in total. The number of rotatable bonds is 4. The summed E-state index contributed by atoms with van der Waals surface area (Å²) in [5.74, 6) is -0.324. The van der Waals surface area contributed by atoms with E-state index in [9.17, 15) is 9.59 Å². The molecule has 0 saturated heterocycles. The second-order valence-corrected chi connectivity index (χ2v) is 4.34. The molecule has 0 atom stereocenters. The third-order valence-electron chi connectivity index (χ3n) is 2.85. The monoisotopic (exact) mass is 259 g/mol. The number of H-pyrrole nitrogens is 1. The molecule has 1 heterocycles. The number of nitrogens with zero attached hydrogens (tertiary/aromatic N) is 1. The summed E-state index contributed by atoms with van der Waals surface area (Å²) in [7, 11) is 0. The molecule has 19 heavy (non-hydrogen) atoms. The molecule has 100 valence electrons. The number of nitrogens with one attached hydrogen (secondary N) is 2. The smallest absolute Gasteiger partial charge is 0.284 e. The molecule has 0 aliphatic carbocycles. The van der Waals surface area contributed by atoms with Gasteiger partial charge in [-0.05, 0) is 25.5 Å². The molecule has 0 spiro atoms. The van der Waals surface area contributed by atoms with Gasteiger partial charge in [-0.1, -0.05) is 25.1 Å². The van der Waals surface area contributed by atoms with Crippen molar-refractivity contribution in [3.05, 3.63) is 51.9 Å². The SMILES string of the molecule is CCCNC(=O)c1c(C)[nH]n(-c2ccccc2)c1=O. The summed E-state index contributed by atoms with van der Waals surface area (Å²) in [6, 6.07) is 9.18. The van der Waals surface area contributed by atoms with E-state index >= 15 is 0 Å². The molecule has 5 heteroatoms. The predicted molar refractivity (Wildman–Crippen MR) is 73.8 cm³/mol. The molecule has 0 saturated carbocycles. The fraction of sp³-hybridized carbons (Fsp3) is 0.286. The van der Waals surface area contributed by atoms with E-state index in [1.165, 1.54) is 4.68 Å². The number of aryl methyl sites for hydroxylation is 1. The van der Waals surface area contributed by atoms with Gasteiger partial charge in [0.05, 0.1) is 5.69 Å². The van der Waals surface area contributed by atoms with Crippen molar-refractivity contribution in [2.75, 3.05) is 6.54 Å². The highest BCUT2D eigenvalue weighted by Crippen LogP contribution is 2.06. The average molecular weight is 259 g/mol. The molecule has 2 N–H and O–H groups in total. The van der Waals surface area contributed by atoms with Gasteiger partial charge in [-0.2, -0.15) is 0 Å². The number of carbonyl (C=O) groups excluding carboxylic acids is 1. The normalized spacial score (nSPS) is 10.4. The van der Waals surface area contributed by atoms with Gasteiger partial charge >= 0.3 is 0 Å². The summed E-state index contributed by atoms with van der Waals surface area (Å²) >= 11 is 0. The summed E-state index contributed by atoms with van der Waals surface area (Å²) < 4.78 is 1.39. The molecule has 2 aromatic rings. The minimum atomic E-state index is -0.324. The molecular formula is C14H17N3O2. The molecule has 0 aliphatic rings. The molecule has 1 aromatic heterocycles. The molecule has 0 bridgehead atoms. The first-order valence-electron chi connectivity index (χ1n) is 6.30. The Bertz CT molecular complexity index is 626. The maximum atomic E-state index is 12.3. The lowest BCUT2D eigenvalue weighted by atomic mass is 10.2. The van der Waals surface area contributed by atoms with Crippen molar-refractivity contribution in [1.29, 1.82) is 0 Å². The van der Waals surface area contributed by atoms with Crippen LogP contribution < -0.4 is 10.9 Å². The molecular weight excluding hydrogens is 242 g/mol. The van der Waals surface area contributed by atoms with Gasteiger partial charge in [0.25, 0.3) is 11.5 Å². The van der Waals surface area contributed by atoms with E-state index in [2.05, 4.69) is 10.4 Å².